The van der Waals surface area contributed by atoms with Crippen molar-refractivity contribution >= 4 is 35.1 Å². The number of carbonyl (C=O) groups excluding carboxylic acids is 1. The van der Waals surface area contributed by atoms with Gasteiger partial charge in [-0.3, -0.25) is 9.48 Å². The zero-order valence-electron chi connectivity index (χ0n) is 13.8. The second kappa shape index (κ2) is 7.64. The molecule has 1 aromatic heterocycles. The number of aryl methyl sites for hydroxylation is 1. The van der Waals surface area contributed by atoms with Crippen molar-refractivity contribution in [2.24, 2.45) is 7.05 Å². The number of nitrogen functional groups attached to an aromatic ring is 1. The van der Waals surface area contributed by atoms with Gasteiger partial charge >= 0.3 is 0 Å². The third-order valence-corrected chi connectivity index (χ3v) is 6.89. The smallest absolute Gasteiger partial charge is 0.276 e. The lowest BCUT2D eigenvalue weighted by molar-refractivity contribution is 0.0740. The average Bonchev–Trinajstić information content (AvgIpc) is 3.07. The summed E-state index contributed by atoms with van der Waals surface area (Å²) in [7, 11) is 1.83. The van der Waals surface area contributed by atoms with Gasteiger partial charge in [0.05, 0.1) is 22.0 Å². The average molecular weight is 343 g/mol. The van der Waals surface area contributed by atoms with Gasteiger partial charge in [-0.2, -0.15) is 5.10 Å². The van der Waals surface area contributed by atoms with E-state index in [1.54, 1.807) is 4.68 Å². The first kappa shape index (κ1) is 17.5. The molecule has 7 heteroatoms. The summed E-state index contributed by atoms with van der Waals surface area (Å²) in [5.41, 5.74) is 7.84. The Labute approximate surface area is 141 Å². The lowest BCUT2D eigenvalue weighted by atomic mass is 10.2. The molecule has 1 aliphatic heterocycles. The Kier molecular flexibility index (Phi) is 6.09. The van der Waals surface area contributed by atoms with Gasteiger partial charge in [-0.05, 0) is 31.3 Å². The lowest BCUT2D eigenvalue weighted by Gasteiger charge is -2.30. The summed E-state index contributed by atoms with van der Waals surface area (Å²) in [6, 6.07) is 0.282. The van der Waals surface area contributed by atoms with Crippen LogP contribution in [0.4, 0.5) is 5.69 Å². The van der Waals surface area contributed by atoms with Crippen molar-refractivity contribution in [3.05, 3.63) is 11.4 Å². The number of carbonyl (C=O) groups is 1. The molecule has 2 rings (SSSR count). The van der Waals surface area contributed by atoms with Gasteiger partial charge in [-0.15, -0.1) is 23.5 Å². The predicted molar refractivity (Wildman–Crippen MR) is 96.5 cm³/mol. The van der Waals surface area contributed by atoms with E-state index in [1.165, 1.54) is 0 Å². The zero-order chi connectivity index (χ0) is 16.3. The summed E-state index contributed by atoms with van der Waals surface area (Å²) in [6.45, 7) is 7.05. The normalized spacial score (nSPS) is 18.4. The first-order valence-electron chi connectivity index (χ1n) is 7.84. The topological polar surface area (TPSA) is 64.2 Å². The van der Waals surface area contributed by atoms with Crippen molar-refractivity contribution in [1.82, 2.24) is 14.7 Å². The van der Waals surface area contributed by atoms with Gasteiger partial charge in [-0.25, -0.2) is 0 Å². The van der Waals surface area contributed by atoms with E-state index < -0.39 is 0 Å². The monoisotopic (exact) mass is 342 g/mol. The minimum Gasteiger partial charge on any atom is -0.395 e. The molecule has 1 aliphatic rings. The molecule has 0 radical (unpaired) electrons. The number of anilines is 1. The molecular weight excluding hydrogens is 316 g/mol. The van der Waals surface area contributed by atoms with Crippen LogP contribution in [0.2, 0.25) is 0 Å². The van der Waals surface area contributed by atoms with E-state index >= 15 is 0 Å². The molecule has 124 valence electrons. The largest absolute Gasteiger partial charge is 0.395 e. The molecule has 1 saturated heterocycles. The van der Waals surface area contributed by atoms with E-state index in [2.05, 4.69) is 18.9 Å². The first-order chi connectivity index (χ1) is 10.5. The molecule has 0 spiro atoms. The van der Waals surface area contributed by atoms with Crippen molar-refractivity contribution < 1.29 is 4.79 Å². The van der Waals surface area contributed by atoms with Crippen molar-refractivity contribution in [2.75, 3.05) is 23.8 Å². The maximum Gasteiger partial charge on any atom is 0.276 e. The quantitative estimate of drug-likeness (QED) is 0.805. The highest BCUT2D eigenvalue weighted by Crippen LogP contribution is 2.36. The highest BCUT2D eigenvalue weighted by atomic mass is 32.2. The number of thioether (sulfide) groups is 2. The van der Waals surface area contributed by atoms with E-state index in [1.807, 2.05) is 42.4 Å². The Morgan fingerprint density at radius 1 is 1.41 bits per heavy atom. The second-order valence-corrected chi connectivity index (χ2v) is 8.59. The lowest BCUT2D eigenvalue weighted by Crippen LogP contribution is -2.41. The molecule has 0 aliphatic carbocycles. The highest BCUT2D eigenvalue weighted by Gasteiger charge is 2.37. The molecular formula is C15H26N4OS2. The van der Waals surface area contributed by atoms with Crippen molar-refractivity contribution in [2.45, 2.75) is 44.2 Å². The van der Waals surface area contributed by atoms with Crippen molar-refractivity contribution in [3.63, 3.8) is 0 Å². The van der Waals surface area contributed by atoms with E-state index in [9.17, 15) is 4.79 Å². The Hall–Kier alpha value is -0.820. The summed E-state index contributed by atoms with van der Waals surface area (Å²) >= 11 is 3.88. The maximum atomic E-state index is 12.9. The van der Waals surface area contributed by atoms with Crippen LogP contribution in [0.5, 0.6) is 0 Å². The molecule has 5 nitrogen and oxygen atoms in total. The Morgan fingerprint density at radius 2 is 2.05 bits per heavy atom. The van der Waals surface area contributed by atoms with Gasteiger partial charge < -0.3 is 10.6 Å². The molecule has 1 aromatic rings. The molecule has 2 heterocycles. The summed E-state index contributed by atoms with van der Waals surface area (Å²) in [5, 5.41) is 4.33. The predicted octanol–water partition coefficient (Wildman–Crippen LogP) is 2.75. The van der Waals surface area contributed by atoms with Crippen LogP contribution in [0.25, 0.3) is 0 Å². The van der Waals surface area contributed by atoms with Crippen LogP contribution in [0.15, 0.2) is 0 Å². The van der Waals surface area contributed by atoms with Crippen LogP contribution >= 0.6 is 23.5 Å². The van der Waals surface area contributed by atoms with Crippen LogP contribution in [-0.4, -0.2) is 49.3 Å². The van der Waals surface area contributed by atoms with Crippen molar-refractivity contribution in [3.8, 4) is 0 Å². The molecule has 0 bridgehead atoms. The van der Waals surface area contributed by atoms with E-state index in [0.29, 0.717) is 16.0 Å². The number of aromatic nitrogens is 2. The summed E-state index contributed by atoms with van der Waals surface area (Å²) in [4.78, 5) is 14.9. The number of hydrogen-bond acceptors (Lipinski definition) is 5. The standard InChI is InChI=1S/C15H26N4OS2/c1-5-21-15(22-6-2)11-8-7-9-19(11)14(20)13-12(16)10(3)18(4)17-13/h11,15H,5-9,16H2,1-4H3/t11-/m0/s1. The Bertz CT molecular complexity index is 526. The molecule has 1 fully saturated rings. The van der Waals surface area contributed by atoms with Crippen LogP contribution in [0.1, 0.15) is 42.9 Å². The third kappa shape index (κ3) is 3.40. The number of hydrogen-bond donors (Lipinski definition) is 1. The van der Waals surface area contributed by atoms with Crippen LogP contribution in [0, 0.1) is 6.92 Å². The maximum absolute atomic E-state index is 12.9. The van der Waals surface area contributed by atoms with Gasteiger partial charge in [0.15, 0.2) is 5.69 Å². The first-order valence-corrected chi connectivity index (χ1v) is 9.94. The van der Waals surface area contributed by atoms with Gasteiger partial charge in [0, 0.05) is 13.6 Å². The number of nitrogens with two attached hydrogens (primary N) is 1. The van der Waals surface area contributed by atoms with Gasteiger partial charge in [0.1, 0.15) is 0 Å². The number of likely N-dealkylation sites (tertiary alicyclic amines) is 1. The summed E-state index contributed by atoms with van der Waals surface area (Å²) in [5.74, 6) is 2.13. The number of rotatable bonds is 6. The molecule has 1 amide bonds. The SMILES string of the molecule is CCSC(SCC)[C@@H]1CCCN1C(=O)c1nn(C)c(C)c1N. The third-order valence-electron chi connectivity index (χ3n) is 4.12. The fourth-order valence-electron chi connectivity index (χ4n) is 2.84. The zero-order valence-corrected chi connectivity index (χ0v) is 15.5. The Morgan fingerprint density at radius 3 is 2.55 bits per heavy atom. The van der Waals surface area contributed by atoms with E-state index in [0.717, 1.165) is 36.6 Å². The Balaban J connectivity index is 2.21. The van der Waals surface area contributed by atoms with Gasteiger partial charge in [-0.1, -0.05) is 13.8 Å². The van der Waals surface area contributed by atoms with E-state index in [4.69, 9.17) is 5.73 Å². The highest BCUT2D eigenvalue weighted by molar-refractivity contribution is 8.17. The van der Waals surface area contributed by atoms with Crippen LogP contribution in [0.3, 0.4) is 0 Å². The summed E-state index contributed by atoms with van der Waals surface area (Å²) in [6.07, 6.45) is 2.13. The molecule has 0 unspecified atom stereocenters. The number of nitrogens with zero attached hydrogens (tertiary/aromatic N) is 3. The van der Waals surface area contributed by atoms with Crippen molar-refractivity contribution in [1.29, 1.82) is 0 Å². The molecule has 2 N–H and O–H groups in total. The minimum atomic E-state index is -0.0119. The molecule has 22 heavy (non-hydrogen) atoms. The molecule has 0 aromatic carbocycles. The molecule has 1 atom stereocenters. The van der Waals surface area contributed by atoms with E-state index in [-0.39, 0.29) is 11.9 Å². The summed E-state index contributed by atoms with van der Waals surface area (Å²) < 4.78 is 2.12. The van der Waals surface area contributed by atoms with Crippen LogP contribution < -0.4 is 5.73 Å². The fourth-order valence-corrected chi connectivity index (χ4v) is 5.71. The minimum absolute atomic E-state index is 0.0119. The van der Waals surface area contributed by atoms with Gasteiger partial charge in [0.2, 0.25) is 0 Å². The number of amides is 1. The van der Waals surface area contributed by atoms with Crippen LogP contribution in [-0.2, 0) is 7.05 Å². The molecule has 0 saturated carbocycles. The van der Waals surface area contributed by atoms with Gasteiger partial charge in [0.25, 0.3) is 5.91 Å². The second-order valence-electron chi connectivity index (χ2n) is 5.46. The fraction of sp³-hybridized carbons (Fsp3) is 0.733.